The number of benzene rings is 2. The highest BCUT2D eigenvalue weighted by atomic mass is 35.5. The van der Waals surface area contributed by atoms with Crippen LogP contribution in [0.3, 0.4) is 0 Å². The van der Waals surface area contributed by atoms with Gasteiger partial charge in [0.15, 0.2) is 5.78 Å². The molecule has 0 unspecified atom stereocenters. The highest BCUT2D eigenvalue weighted by Crippen LogP contribution is 2.29. The number of thiophene rings is 1. The fraction of sp³-hybridized carbons (Fsp3) is 0.0952. The minimum absolute atomic E-state index is 0.0217. The van der Waals surface area contributed by atoms with Crippen LogP contribution < -0.4 is 9.47 Å². The molecular weight excluding hydrogens is 403 g/mol. The van der Waals surface area contributed by atoms with Gasteiger partial charge in [0.05, 0.1) is 17.0 Å². The Balaban J connectivity index is 1.76. The predicted octanol–water partition coefficient (Wildman–Crippen LogP) is 6.54. The fourth-order valence-electron chi connectivity index (χ4n) is 2.44. The number of carbonyl (C=O) groups is 1. The van der Waals surface area contributed by atoms with Gasteiger partial charge in [-0.3, -0.25) is 4.79 Å². The van der Waals surface area contributed by atoms with Gasteiger partial charge < -0.3 is 9.47 Å². The summed E-state index contributed by atoms with van der Waals surface area (Å²) >= 11 is 13.5. The number of methoxy groups -OCH3 is 1. The van der Waals surface area contributed by atoms with Crippen LogP contribution in [0, 0.1) is 0 Å². The van der Waals surface area contributed by atoms with Gasteiger partial charge in [-0.05, 0) is 53.4 Å². The molecule has 0 saturated heterocycles. The number of carbonyl (C=O) groups excluding carboxylic acids is 1. The lowest BCUT2D eigenvalue weighted by atomic mass is 10.1. The highest BCUT2D eigenvalue weighted by Gasteiger charge is 2.08. The number of ketones is 1. The molecule has 0 atom stereocenters. The molecular formula is C21H16Cl2O3S. The van der Waals surface area contributed by atoms with E-state index in [0.717, 1.165) is 11.1 Å². The molecule has 0 spiro atoms. The topological polar surface area (TPSA) is 35.5 Å². The van der Waals surface area contributed by atoms with Gasteiger partial charge in [-0.25, -0.2) is 0 Å². The van der Waals surface area contributed by atoms with Crippen molar-refractivity contribution in [2.45, 2.75) is 6.61 Å². The second-order valence-corrected chi connectivity index (χ2v) is 7.40. The molecule has 6 heteroatoms. The van der Waals surface area contributed by atoms with Crippen LogP contribution in [-0.4, -0.2) is 12.9 Å². The van der Waals surface area contributed by atoms with Gasteiger partial charge in [-0.15, -0.1) is 11.3 Å². The minimum atomic E-state index is -0.0217. The van der Waals surface area contributed by atoms with Crippen molar-refractivity contribution in [3.8, 4) is 11.5 Å². The molecule has 2 aromatic carbocycles. The summed E-state index contributed by atoms with van der Waals surface area (Å²) in [5.74, 6) is 1.21. The molecule has 0 aliphatic heterocycles. The van der Waals surface area contributed by atoms with Crippen molar-refractivity contribution < 1.29 is 14.3 Å². The maximum Gasteiger partial charge on any atom is 0.195 e. The van der Waals surface area contributed by atoms with Gasteiger partial charge in [0.1, 0.15) is 18.1 Å². The van der Waals surface area contributed by atoms with Crippen molar-refractivity contribution in [1.29, 1.82) is 0 Å². The summed E-state index contributed by atoms with van der Waals surface area (Å²) in [6.45, 7) is 0.269. The summed E-state index contributed by atoms with van der Waals surface area (Å²) in [5, 5.41) is 2.87. The largest absolute Gasteiger partial charge is 0.496 e. The molecule has 1 heterocycles. The molecule has 3 nitrogen and oxygen atoms in total. The first kappa shape index (κ1) is 19.5. The first-order chi connectivity index (χ1) is 13.1. The van der Waals surface area contributed by atoms with E-state index in [2.05, 4.69) is 0 Å². The van der Waals surface area contributed by atoms with Crippen LogP contribution in [0.5, 0.6) is 11.5 Å². The third-order valence-electron chi connectivity index (χ3n) is 3.77. The Bertz CT molecular complexity index is 966. The Morgan fingerprint density at radius 1 is 1.11 bits per heavy atom. The van der Waals surface area contributed by atoms with Crippen molar-refractivity contribution in [3.05, 3.63) is 86.0 Å². The molecule has 0 N–H and O–H groups in total. The van der Waals surface area contributed by atoms with E-state index in [1.807, 2.05) is 29.6 Å². The number of ether oxygens (including phenoxy) is 2. The molecule has 0 aliphatic carbocycles. The molecule has 0 bridgehead atoms. The first-order valence-electron chi connectivity index (χ1n) is 8.07. The summed E-state index contributed by atoms with van der Waals surface area (Å²) in [6.07, 6.45) is 3.34. The summed E-state index contributed by atoms with van der Waals surface area (Å²) in [7, 11) is 1.60. The highest BCUT2D eigenvalue weighted by molar-refractivity contribution is 7.12. The molecule has 0 aliphatic rings. The number of halogens is 2. The van der Waals surface area contributed by atoms with E-state index in [1.165, 1.54) is 11.3 Å². The van der Waals surface area contributed by atoms with Crippen LogP contribution >= 0.6 is 34.5 Å². The predicted molar refractivity (Wildman–Crippen MR) is 111 cm³/mol. The maximum absolute atomic E-state index is 12.1. The first-order valence-corrected chi connectivity index (χ1v) is 9.71. The number of rotatable bonds is 7. The molecule has 0 amide bonds. The SMILES string of the molecule is COc1ccc(/C=C/C(=O)c2cccs2)cc1COc1ccc(Cl)cc1Cl. The van der Waals surface area contributed by atoms with E-state index in [-0.39, 0.29) is 12.4 Å². The van der Waals surface area contributed by atoms with Gasteiger partial charge in [0, 0.05) is 10.6 Å². The lowest BCUT2D eigenvalue weighted by molar-refractivity contribution is 0.105. The minimum Gasteiger partial charge on any atom is -0.496 e. The number of hydrogen-bond acceptors (Lipinski definition) is 4. The zero-order valence-electron chi connectivity index (χ0n) is 14.4. The van der Waals surface area contributed by atoms with Crippen molar-refractivity contribution in [3.63, 3.8) is 0 Å². The second kappa shape index (κ2) is 9.09. The zero-order chi connectivity index (χ0) is 19.2. The van der Waals surface area contributed by atoms with Crippen molar-refractivity contribution in [2.75, 3.05) is 7.11 Å². The van der Waals surface area contributed by atoms with Gasteiger partial charge in [0.25, 0.3) is 0 Å². The Labute approximate surface area is 171 Å². The summed E-state index contributed by atoms with van der Waals surface area (Å²) in [6, 6.07) is 14.4. The number of hydrogen-bond donors (Lipinski definition) is 0. The van der Waals surface area contributed by atoms with E-state index in [9.17, 15) is 4.79 Å². The van der Waals surface area contributed by atoms with Gasteiger partial charge in [-0.1, -0.05) is 41.4 Å². The third kappa shape index (κ3) is 5.13. The van der Waals surface area contributed by atoms with Crippen LogP contribution in [0.1, 0.15) is 20.8 Å². The molecule has 0 fully saturated rings. The Morgan fingerprint density at radius 2 is 1.93 bits per heavy atom. The van der Waals surface area contributed by atoms with Crippen molar-refractivity contribution in [1.82, 2.24) is 0 Å². The standard InChI is InChI=1S/C21H16Cl2O3S/c1-25-19-8-5-14(4-7-18(24)21-3-2-10-27-21)11-15(19)13-26-20-9-6-16(22)12-17(20)23/h2-12H,13H2,1H3/b7-4+. The van der Waals surface area contributed by atoms with Crippen molar-refractivity contribution in [2.24, 2.45) is 0 Å². The average Bonchev–Trinajstić information content (AvgIpc) is 3.20. The molecule has 3 aromatic rings. The van der Waals surface area contributed by atoms with Gasteiger partial charge >= 0.3 is 0 Å². The fourth-order valence-corrected chi connectivity index (χ4v) is 3.54. The van der Waals surface area contributed by atoms with Gasteiger partial charge in [0.2, 0.25) is 0 Å². The van der Waals surface area contributed by atoms with Crippen LogP contribution in [0.15, 0.2) is 60.0 Å². The Morgan fingerprint density at radius 3 is 2.63 bits per heavy atom. The Hall–Kier alpha value is -2.27. The van der Waals surface area contributed by atoms with Crippen LogP contribution in [-0.2, 0) is 6.61 Å². The van der Waals surface area contributed by atoms with Crippen LogP contribution in [0.4, 0.5) is 0 Å². The lowest BCUT2D eigenvalue weighted by Gasteiger charge is -2.12. The smallest absolute Gasteiger partial charge is 0.195 e. The average molecular weight is 419 g/mol. The van der Waals surface area contributed by atoms with Crippen LogP contribution in [0.2, 0.25) is 10.0 Å². The quantitative estimate of drug-likeness (QED) is 0.322. The summed E-state index contributed by atoms with van der Waals surface area (Å²) < 4.78 is 11.2. The molecule has 0 radical (unpaired) electrons. The zero-order valence-corrected chi connectivity index (χ0v) is 16.8. The van der Waals surface area contributed by atoms with E-state index < -0.39 is 0 Å². The van der Waals surface area contributed by atoms with E-state index in [4.69, 9.17) is 32.7 Å². The summed E-state index contributed by atoms with van der Waals surface area (Å²) in [4.78, 5) is 12.8. The summed E-state index contributed by atoms with van der Waals surface area (Å²) in [5.41, 5.74) is 1.72. The molecule has 0 saturated carbocycles. The number of allylic oxidation sites excluding steroid dienone is 1. The van der Waals surface area contributed by atoms with E-state index >= 15 is 0 Å². The third-order valence-corrected chi connectivity index (χ3v) is 5.19. The molecule has 138 valence electrons. The molecule has 27 heavy (non-hydrogen) atoms. The normalized spacial score (nSPS) is 10.9. The maximum atomic E-state index is 12.1. The molecule has 1 aromatic heterocycles. The Kier molecular flexibility index (Phi) is 6.56. The lowest BCUT2D eigenvalue weighted by Crippen LogP contribution is -2.00. The molecule has 3 rings (SSSR count). The van der Waals surface area contributed by atoms with E-state index in [0.29, 0.717) is 26.4 Å². The van der Waals surface area contributed by atoms with E-state index in [1.54, 1.807) is 43.5 Å². The second-order valence-electron chi connectivity index (χ2n) is 5.61. The monoisotopic (exact) mass is 418 g/mol. The van der Waals surface area contributed by atoms with Gasteiger partial charge in [-0.2, -0.15) is 0 Å². The van der Waals surface area contributed by atoms with Crippen molar-refractivity contribution >= 4 is 46.4 Å². The van der Waals surface area contributed by atoms with Crippen LogP contribution in [0.25, 0.3) is 6.08 Å².